The van der Waals surface area contributed by atoms with Crippen molar-refractivity contribution >= 4 is 0 Å². The first kappa shape index (κ1) is 11.8. The van der Waals surface area contributed by atoms with Gasteiger partial charge in [0.15, 0.2) is 0 Å². The number of nitrogens with two attached hydrogens (primary N) is 1. The van der Waals surface area contributed by atoms with E-state index in [1.165, 1.54) is 0 Å². The second-order valence-electron chi connectivity index (χ2n) is 4.18. The summed E-state index contributed by atoms with van der Waals surface area (Å²) in [5, 5.41) is 13.1. The van der Waals surface area contributed by atoms with E-state index in [0.29, 0.717) is 6.42 Å². The number of aromatic nitrogens is 2. The number of nitrogens with zero attached hydrogens (tertiary/aromatic N) is 2. The van der Waals surface area contributed by atoms with Crippen LogP contribution in [0.3, 0.4) is 0 Å². The van der Waals surface area contributed by atoms with E-state index in [1.807, 2.05) is 31.6 Å². The lowest BCUT2D eigenvalue weighted by molar-refractivity contribution is 0.265. The average Bonchev–Trinajstić information content (AvgIpc) is 2.76. The molecule has 0 unspecified atom stereocenters. The van der Waals surface area contributed by atoms with Crippen LogP contribution in [0.15, 0.2) is 30.6 Å². The minimum Gasteiger partial charge on any atom is -0.395 e. The Morgan fingerprint density at radius 2 is 2.29 bits per heavy atom. The van der Waals surface area contributed by atoms with E-state index in [0.717, 1.165) is 16.7 Å². The first-order chi connectivity index (χ1) is 8.19. The highest BCUT2D eigenvalue weighted by Crippen LogP contribution is 2.19. The Morgan fingerprint density at radius 1 is 1.47 bits per heavy atom. The Hall–Kier alpha value is -1.65. The summed E-state index contributed by atoms with van der Waals surface area (Å²) in [4.78, 5) is 0. The predicted octanol–water partition coefficient (Wildman–Crippen LogP) is 0.749. The summed E-state index contributed by atoms with van der Waals surface area (Å²) < 4.78 is 1.77. The number of rotatable bonds is 4. The van der Waals surface area contributed by atoms with Crippen molar-refractivity contribution < 1.29 is 5.11 Å². The molecule has 1 heterocycles. The maximum absolute atomic E-state index is 8.94. The molecule has 0 aliphatic rings. The Morgan fingerprint density at radius 3 is 2.94 bits per heavy atom. The lowest BCUT2D eigenvalue weighted by Gasteiger charge is -2.08. The zero-order chi connectivity index (χ0) is 12.3. The Bertz CT molecular complexity index is 493. The maximum Gasteiger partial charge on any atom is 0.0585 e. The van der Waals surface area contributed by atoms with Crippen LogP contribution in [0.2, 0.25) is 0 Å². The fraction of sp³-hybridized carbons (Fsp3) is 0.308. The third kappa shape index (κ3) is 2.93. The number of hydrogen-bond acceptors (Lipinski definition) is 3. The summed E-state index contributed by atoms with van der Waals surface area (Å²) in [6, 6.07) is 8.76. The van der Waals surface area contributed by atoms with Gasteiger partial charge in [-0.05, 0) is 29.7 Å². The molecule has 0 aliphatic carbocycles. The maximum atomic E-state index is 8.94. The van der Waals surface area contributed by atoms with Gasteiger partial charge in [-0.15, -0.1) is 0 Å². The van der Waals surface area contributed by atoms with Crippen LogP contribution < -0.4 is 5.73 Å². The highest BCUT2D eigenvalue weighted by molar-refractivity contribution is 5.62. The molecule has 0 aliphatic heterocycles. The van der Waals surface area contributed by atoms with E-state index >= 15 is 0 Å². The number of aryl methyl sites for hydroxylation is 1. The normalized spacial score (nSPS) is 12.6. The van der Waals surface area contributed by atoms with E-state index in [2.05, 4.69) is 17.2 Å². The number of hydrogen-bond donors (Lipinski definition) is 2. The van der Waals surface area contributed by atoms with Crippen LogP contribution in [0.25, 0.3) is 11.1 Å². The Kier molecular flexibility index (Phi) is 3.56. The fourth-order valence-corrected chi connectivity index (χ4v) is 1.74. The molecule has 2 aromatic rings. The fourth-order valence-electron chi connectivity index (χ4n) is 1.74. The minimum absolute atomic E-state index is 0.00286. The standard InChI is InChI=1S/C13H16N3O/c1-16-8-12(7-15-16)11-4-2-3-10(5-11)6-13(14)9-17/h3-5,7-8,13,17H,6,9,14H2,1H3/t13-/m0/s1. The smallest absolute Gasteiger partial charge is 0.0585 e. The first-order valence-electron chi connectivity index (χ1n) is 5.54. The van der Waals surface area contributed by atoms with Crippen molar-refractivity contribution in [2.24, 2.45) is 12.8 Å². The third-order valence-electron chi connectivity index (χ3n) is 2.62. The summed E-state index contributed by atoms with van der Waals surface area (Å²) >= 11 is 0. The van der Waals surface area contributed by atoms with Gasteiger partial charge in [0.1, 0.15) is 0 Å². The molecule has 1 aromatic carbocycles. The molecule has 0 bridgehead atoms. The zero-order valence-corrected chi connectivity index (χ0v) is 9.80. The van der Waals surface area contributed by atoms with Crippen molar-refractivity contribution in [3.8, 4) is 11.1 Å². The summed E-state index contributed by atoms with van der Waals surface area (Å²) in [6.07, 6.45) is 4.43. The van der Waals surface area contributed by atoms with Gasteiger partial charge in [-0.2, -0.15) is 5.10 Å². The lowest BCUT2D eigenvalue weighted by Crippen LogP contribution is -2.26. The van der Waals surface area contributed by atoms with Gasteiger partial charge in [0.25, 0.3) is 0 Å². The van der Waals surface area contributed by atoms with Crippen LogP contribution in [0, 0.1) is 6.07 Å². The molecule has 0 amide bonds. The largest absolute Gasteiger partial charge is 0.395 e. The van der Waals surface area contributed by atoms with E-state index in [1.54, 1.807) is 4.68 Å². The van der Waals surface area contributed by atoms with Crippen LogP contribution in [-0.4, -0.2) is 27.5 Å². The summed E-state index contributed by atoms with van der Waals surface area (Å²) in [5.74, 6) is 0. The van der Waals surface area contributed by atoms with Gasteiger partial charge in [-0.25, -0.2) is 0 Å². The molecule has 0 fully saturated rings. The molecule has 3 N–H and O–H groups in total. The molecule has 0 spiro atoms. The van der Waals surface area contributed by atoms with Crippen molar-refractivity contribution in [1.82, 2.24) is 9.78 Å². The predicted molar refractivity (Wildman–Crippen MR) is 66.2 cm³/mol. The van der Waals surface area contributed by atoms with Crippen LogP contribution in [0.1, 0.15) is 5.56 Å². The molecule has 4 nitrogen and oxygen atoms in total. The number of aliphatic hydroxyl groups excluding tert-OH is 1. The van der Waals surface area contributed by atoms with E-state index in [-0.39, 0.29) is 12.6 Å². The van der Waals surface area contributed by atoms with Gasteiger partial charge in [-0.1, -0.05) is 12.1 Å². The van der Waals surface area contributed by atoms with Crippen molar-refractivity contribution in [3.63, 3.8) is 0 Å². The van der Waals surface area contributed by atoms with Crippen LogP contribution in [0.4, 0.5) is 0 Å². The van der Waals surface area contributed by atoms with Crippen molar-refractivity contribution in [2.75, 3.05) is 6.61 Å². The molecule has 1 aromatic heterocycles. The zero-order valence-electron chi connectivity index (χ0n) is 9.80. The van der Waals surface area contributed by atoms with Crippen LogP contribution in [0.5, 0.6) is 0 Å². The molecule has 0 saturated heterocycles. The van der Waals surface area contributed by atoms with Crippen LogP contribution in [-0.2, 0) is 13.5 Å². The van der Waals surface area contributed by atoms with Gasteiger partial charge in [0.05, 0.1) is 12.8 Å². The SMILES string of the molecule is Cn1cc(-c2c[c]cc(C[C@H](N)CO)c2)cn1. The van der Waals surface area contributed by atoms with Crippen molar-refractivity contribution in [3.05, 3.63) is 42.2 Å². The second-order valence-corrected chi connectivity index (χ2v) is 4.18. The molecule has 4 heteroatoms. The highest BCUT2D eigenvalue weighted by Gasteiger charge is 2.05. The van der Waals surface area contributed by atoms with Crippen LogP contribution >= 0.6 is 0 Å². The summed E-state index contributed by atoms with van der Waals surface area (Å²) in [6.45, 7) is -0.00286. The molecule has 0 saturated carbocycles. The van der Waals surface area contributed by atoms with Crippen molar-refractivity contribution in [1.29, 1.82) is 0 Å². The van der Waals surface area contributed by atoms with Gasteiger partial charge in [-0.3, -0.25) is 4.68 Å². The molecular weight excluding hydrogens is 214 g/mol. The number of benzene rings is 1. The van der Waals surface area contributed by atoms with E-state index in [4.69, 9.17) is 10.8 Å². The summed E-state index contributed by atoms with van der Waals surface area (Å²) in [7, 11) is 1.89. The van der Waals surface area contributed by atoms with E-state index in [9.17, 15) is 0 Å². The van der Waals surface area contributed by atoms with Gasteiger partial charge >= 0.3 is 0 Å². The molecule has 89 valence electrons. The van der Waals surface area contributed by atoms with Gasteiger partial charge < -0.3 is 10.8 Å². The van der Waals surface area contributed by atoms with Gasteiger partial charge in [0.2, 0.25) is 0 Å². The molecule has 1 atom stereocenters. The monoisotopic (exact) mass is 230 g/mol. The Labute approximate surface area is 101 Å². The highest BCUT2D eigenvalue weighted by atomic mass is 16.3. The number of aliphatic hydroxyl groups is 1. The summed E-state index contributed by atoms with van der Waals surface area (Å²) in [5.41, 5.74) is 8.92. The molecule has 2 rings (SSSR count). The molecular formula is C13H16N3O. The average molecular weight is 230 g/mol. The lowest BCUT2D eigenvalue weighted by atomic mass is 10.0. The minimum atomic E-state index is -0.215. The van der Waals surface area contributed by atoms with Crippen molar-refractivity contribution in [2.45, 2.75) is 12.5 Å². The quantitative estimate of drug-likeness (QED) is 0.814. The first-order valence-corrected chi connectivity index (χ1v) is 5.54. The van der Waals surface area contributed by atoms with E-state index < -0.39 is 0 Å². The molecule has 1 radical (unpaired) electrons. The molecule has 17 heavy (non-hydrogen) atoms. The Balaban J connectivity index is 2.22. The topological polar surface area (TPSA) is 64.1 Å². The van der Waals surface area contributed by atoms with Gasteiger partial charge in [0, 0.05) is 24.8 Å². The second kappa shape index (κ2) is 5.12. The third-order valence-corrected chi connectivity index (χ3v) is 2.62.